The summed E-state index contributed by atoms with van der Waals surface area (Å²) < 4.78 is 7.01. The molecule has 0 amide bonds. The van der Waals surface area contributed by atoms with Gasteiger partial charge in [0, 0.05) is 28.9 Å². The lowest BCUT2D eigenvalue weighted by Gasteiger charge is -2.08. The van der Waals surface area contributed by atoms with Gasteiger partial charge in [-0.3, -0.25) is 20.3 Å². The molecular weight excluding hydrogens is 420 g/mol. The van der Waals surface area contributed by atoms with Crippen LogP contribution in [-0.4, -0.2) is 27.9 Å². The fourth-order valence-corrected chi connectivity index (χ4v) is 3.66. The van der Waals surface area contributed by atoms with Gasteiger partial charge in [-0.1, -0.05) is 18.2 Å². The van der Waals surface area contributed by atoms with Crippen molar-refractivity contribution in [3.63, 3.8) is 0 Å². The van der Waals surface area contributed by atoms with Crippen LogP contribution in [0.15, 0.2) is 78.0 Å². The summed E-state index contributed by atoms with van der Waals surface area (Å²) in [5.41, 5.74) is 6.54. The second-order valence-electron chi connectivity index (χ2n) is 7.53. The molecule has 0 radical (unpaired) electrons. The minimum absolute atomic E-state index is 0.190. The standard InChI is InChI=1S/C25H22N4O4/c1-16-13-20-8-4-5-12-28(20)24(16)25(30)19-10-11-22(23(15-19)29(31)32)27-26-17(2)18-7-6-9-21(14-18)33-3/h4-15,27H,1-3H3/b26-17-. The predicted molar refractivity (Wildman–Crippen MR) is 127 cm³/mol. The highest BCUT2D eigenvalue weighted by Crippen LogP contribution is 2.28. The number of hydrazone groups is 1. The number of nitro groups is 1. The number of benzene rings is 2. The number of ether oxygens (including phenoxy) is 1. The Kier molecular flexibility index (Phi) is 5.91. The average molecular weight is 442 g/mol. The molecule has 0 aliphatic carbocycles. The maximum atomic E-state index is 13.2. The fraction of sp³-hybridized carbons (Fsp3) is 0.120. The summed E-state index contributed by atoms with van der Waals surface area (Å²) in [5.74, 6) is 0.397. The van der Waals surface area contributed by atoms with Crippen LogP contribution < -0.4 is 10.2 Å². The molecule has 0 saturated heterocycles. The SMILES string of the molecule is COc1cccc(/C(C)=N\Nc2ccc(C(=O)c3c(C)cc4ccccn34)cc2[N+](=O)[O-])c1. The highest BCUT2D eigenvalue weighted by Gasteiger charge is 2.22. The normalized spacial score (nSPS) is 11.4. The summed E-state index contributed by atoms with van der Waals surface area (Å²) in [6.45, 7) is 3.63. The van der Waals surface area contributed by atoms with Gasteiger partial charge in [-0.15, -0.1) is 0 Å². The van der Waals surface area contributed by atoms with E-state index in [0.717, 1.165) is 16.6 Å². The van der Waals surface area contributed by atoms with E-state index < -0.39 is 4.92 Å². The molecular formula is C25H22N4O4. The summed E-state index contributed by atoms with van der Waals surface area (Å²) in [6.07, 6.45) is 1.80. The summed E-state index contributed by atoms with van der Waals surface area (Å²) in [6, 6.07) is 19.2. The van der Waals surface area contributed by atoms with Crippen molar-refractivity contribution >= 4 is 28.4 Å². The van der Waals surface area contributed by atoms with E-state index in [1.165, 1.54) is 12.1 Å². The van der Waals surface area contributed by atoms with E-state index in [9.17, 15) is 14.9 Å². The highest BCUT2D eigenvalue weighted by molar-refractivity contribution is 6.10. The van der Waals surface area contributed by atoms with Gasteiger partial charge in [0.25, 0.3) is 5.69 Å². The van der Waals surface area contributed by atoms with Gasteiger partial charge >= 0.3 is 0 Å². The molecule has 0 bridgehead atoms. The van der Waals surface area contributed by atoms with E-state index in [4.69, 9.17) is 4.74 Å². The quantitative estimate of drug-likeness (QED) is 0.183. The number of ketones is 1. The van der Waals surface area contributed by atoms with E-state index in [-0.39, 0.29) is 22.7 Å². The zero-order valence-electron chi connectivity index (χ0n) is 18.4. The molecule has 0 spiro atoms. The third-order valence-electron chi connectivity index (χ3n) is 5.37. The number of nitrogens with one attached hydrogen (secondary N) is 1. The number of fused-ring (bicyclic) bond motifs is 1. The molecule has 8 nitrogen and oxygen atoms in total. The molecule has 33 heavy (non-hydrogen) atoms. The minimum atomic E-state index is -0.529. The topological polar surface area (TPSA) is 98.2 Å². The van der Waals surface area contributed by atoms with Gasteiger partial charge in [0.2, 0.25) is 5.78 Å². The summed E-state index contributed by atoms with van der Waals surface area (Å²) in [5, 5.41) is 16.0. The first-order valence-corrected chi connectivity index (χ1v) is 10.2. The molecule has 0 unspecified atom stereocenters. The molecule has 2 aromatic carbocycles. The molecule has 2 heterocycles. The van der Waals surface area contributed by atoms with Gasteiger partial charge in [0.15, 0.2) is 0 Å². The Bertz CT molecular complexity index is 1400. The number of aromatic nitrogens is 1. The maximum absolute atomic E-state index is 13.2. The van der Waals surface area contributed by atoms with Crippen molar-refractivity contribution in [2.45, 2.75) is 13.8 Å². The Morgan fingerprint density at radius 2 is 1.88 bits per heavy atom. The Morgan fingerprint density at radius 3 is 2.64 bits per heavy atom. The van der Waals surface area contributed by atoms with Crippen LogP contribution in [0.1, 0.15) is 34.1 Å². The summed E-state index contributed by atoms with van der Waals surface area (Å²) in [7, 11) is 1.58. The number of hydrogen-bond acceptors (Lipinski definition) is 6. The molecule has 0 fully saturated rings. The van der Waals surface area contributed by atoms with Crippen molar-refractivity contribution in [1.29, 1.82) is 0 Å². The van der Waals surface area contributed by atoms with Gasteiger partial charge in [0.05, 0.1) is 23.4 Å². The summed E-state index contributed by atoms with van der Waals surface area (Å²) in [4.78, 5) is 24.5. The number of hydrogen-bond donors (Lipinski definition) is 1. The number of carbonyl (C=O) groups is 1. The lowest BCUT2D eigenvalue weighted by atomic mass is 10.0. The van der Waals surface area contributed by atoms with Crippen LogP contribution in [0.4, 0.5) is 11.4 Å². The molecule has 4 rings (SSSR count). The average Bonchev–Trinajstić information content (AvgIpc) is 3.17. The van der Waals surface area contributed by atoms with E-state index in [2.05, 4.69) is 10.5 Å². The zero-order chi connectivity index (χ0) is 23.5. The molecule has 8 heteroatoms. The van der Waals surface area contributed by atoms with Crippen LogP contribution in [-0.2, 0) is 0 Å². The Labute approximate surface area is 190 Å². The number of nitro benzene ring substituents is 1. The van der Waals surface area contributed by atoms with Crippen molar-refractivity contribution in [3.05, 3.63) is 105 Å². The van der Waals surface area contributed by atoms with Crippen molar-refractivity contribution in [1.82, 2.24) is 4.40 Å². The van der Waals surface area contributed by atoms with Crippen LogP contribution in [0.5, 0.6) is 5.75 Å². The fourth-order valence-electron chi connectivity index (χ4n) is 3.66. The Balaban J connectivity index is 1.66. The van der Waals surface area contributed by atoms with Crippen molar-refractivity contribution < 1.29 is 14.5 Å². The van der Waals surface area contributed by atoms with Crippen LogP contribution >= 0.6 is 0 Å². The lowest BCUT2D eigenvalue weighted by molar-refractivity contribution is -0.384. The Hall–Kier alpha value is -4.46. The largest absolute Gasteiger partial charge is 0.497 e. The van der Waals surface area contributed by atoms with Gasteiger partial charge in [-0.05, 0) is 61.9 Å². The molecule has 1 N–H and O–H groups in total. The third-order valence-corrected chi connectivity index (χ3v) is 5.37. The van der Waals surface area contributed by atoms with Crippen LogP contribution in [0, 0.1) is 17.0 Å². The van der Waals surface area contributed by atoms with Crippen LogP contribution in [0.25, 0.3) is 5.52 Å². The first-order valence-electron chi connectivity index (χ1n) is 10.2. The molecule has 0 saturated carbocycles. The van der Waals surface area contributed by atoms with Crippen molar-refractivity contribution in [2.75, 3.05) is 12.5 Å². The first-order chi connectivity index (χ1) is 15.9. The third kappa shape index (κ3) is 4.31. The summed E-state index contributed by atoms with van der Waals surface area (Å²) >= 11 is 0. The number of nitrogens with zero attached hydrogens (tertiary/aromatic N) is 3. The van der Waals surface area contributed by atoms with E-state index in [1.54, 1.807) is 30.7 Å². The van der Waals surface area contributed by atoms with E-state index in [1.807, 2.05) is 55.5 Å². The van der Waals surface area contributed by atoms with Gasteiger partial charge in [0.1, 0.15) is 11.4 Å². The molecule has 0 atom stereocenters. The maximum Gasteiger partial charge on any atom is 0.294 e. The number of methoxy groups -OCH3 is 1. The number of carbonyl (C=O) groups excluding carboxylic acids is 1. The first kappa shape index (κ1) is 21.8. The van der Waals surface area contributed by atoms with Gasteiger partial charge < -0.3 is 9.14 Å². The zero-order valence-corrected chi connectivity index (χ0v) is 18.4. The second kappa shape index (κ2) is 8.96. The van der Waals surface area contributed by atoms with E-state index in [0.29, 0.717) is 17.2 Å². The molecule has 2 aromatic heterocycles. The van der Waals surface area contributed by atoms with Crippen LogP contribution in [0.3, 0.4) is 0 Å². The van der Waals surface area contributed by atoms with Crippen LogP contribution in [0.2, 0.25) is 0 Å². The lowest BCUT2D eigenvalue weighted by Crippen LogP contribution is -2.08. The van der Waals surface area contributed by atoms with Gasteiger partial charge in [-0.25, -0.2) is 0 Å². The Morgan fingerprint density at radius 1 is 1.06 bits per heavy atom. The van der Waals surface area contributed by atoms with E-state index >= 15 is 0 Å². The molecule has 0 aliphatic rings. The second-order valence-corrected chi connectivity index (χ2v) is 7.53. The van der Waals surface area contributed by atoms with Crippen molar-refractivity contribution in [3.8, 4) is 5.75 Å². The molecule has 166 valence electrons. The predicted octanol–water partition coefficient (Wildman–Crippen LogP) is 5.23. The molecule has 0 aliphatic heterocycles. The van der Waals surface area contributed by atoms with Crippen molar-refractivity contribution in [2.24, 2.45) is 5.10 Å². The number of rotatable bonds is 7. The number of pyridine rings is 1. The number of aryl methyl sites for hydroxylation is 1. The minimum Gasteiger partial charge on any atom is -0.497 e. The monoisotopic (exact) mass is 442 g/mol. The van der Waals surface area contributed by atoms with Gasteiger partial charge in [-0.2, -0.15) is 5.10 Å². The molecule has 4 aromatic rings. The number of anilines is 1. The highest BCUT2D eigenvalue weighted by atomic mass is 16.6. The smallest absolute Gasteiger partial charge is 0.294 e.